The molecule has 2 rings (SSSR count). The number of carboxylic acids is 1. The molecule has 12 heteroatoms. The van der Waals surface area contributed by atoms with Gasteiger partial charge >= 0.3 is 5.97 Å². The van der Waals surface area contributed by atoms with Gasteiger partial charge in [0.2, 0.25) is 5.75 Å². The molecule has 0 saturated carbocycles. The van der Waals surface area contributed by atoms with Crippen molar-refractivity contribution in [2.45, 2.75) is 6.04 Å². The van der Waals surface area contributed by atoms with Crippen LogP contribution in [0.1, 0.15) is 20.7 Å². The largest absolute Gasteiger partial charge is 0.504 e. The molecule has 0 heterocycles. The molecule has 1 unspecified atom stereocenters. The van der Waals surface area contributed by atoms with Crippen LogP contribution in [0.3, 0.4) is 0 Å². The third-order valence-electron chi connectivity index (χ3n) is 3.78. The highest BCUT2D eigenvalue weighted by molar-refractivity contribution is 5.99. The lowest BCUT2D eigenvalue weighted by molar-refractivity contribution is -0.139. The number of phenolic OH excluding ortho intramolecular Hbond substituents is 6. The van der Waals surface area contributed by atoms with E-state index in [-0.39, 0.29) is 5.56 Å². The molecule has 29 heavy (non-hydrogen) atoms. The van der Waals surface area contributed by atoms with Crippen molar-refractivity contribution < 1.29 is 50.1 Å². The number of carbonyl (C=O) groups is 3. The molecule has 0 radical (unpaired) electrons. The summed E-state index contributed by atoms with van der Waals surface area (Å²) in [5, 5.41) is 69.8. The predicted molar refractivity (Wildman–Crippen MR) is 94.1 cm³/mol. The van der Waals surface area contributed by atoms with Crippen molar-refractivity contribution in [3.05, 3.63) is 35.4 Å². The van der Waals surface area contributed by atoms with Gasteiger partial charge in [0, 0.05) is 12.1 Å². The van der Waals surface area contributed by atoms with E-state index >= 15 is 0 Å². The summed E-state index contributed by atoms with van der Waals surface area (Å²) in [6.07, 6.45) is 0. The van der Waals surface area contributed by atoms with E-state index in [9.17, 15) is 50.1 Å². The quantitative estimate of drug-likeness (QED) is 0.280. The zero-order chi connectivity index (χ0) is 21.9. The standard InChI is InChI=1S/C17H16N2O10/c20-9-2-1-7(12(23)14(9)25)16(27)18-5-8(17(28)29)19-15(26)6-3-10(21)13(24)11(22)4-6/h1-4,8,20-25H,5H2,(H,18,27)(H,19,26)(H,28,29). The average Bonchev–Trinajstić information content (AvgIpc) is 2.66. The molecule has 0 aromatic heterocycles. The van der Waals surface area contributed by atoms with E-state index in [0.29, 0.717) is 0 Å². The van der Waals surface area contributed by atoms with Crippen LogP contribution in [-0.2, 0) is 4.79 Å². The number of nitrogens with one attached hydrogen (secondary N) is 2. The Labute approximate surface area is 161 Å². The van der Waals surface area contributed by atoms with Crippen molar-refractivity contribution in [2.24, 2.45) is 0 Å². The van der Waals surface area contributed by atoms with Crippen LogP contribution >= 0.6 is 0 Å². The fourth-order valence-corrected chi connectivity index (χ4v) is 2.22. The second-order valence-corrected chi connectivity index (χ2v) is 5.77. The molecular weight excluding hydrogens is 392 g/mol. The molecule has 0 aliphatic heterocycles. The molecule has 154 valence electrons. The maximum atomic E-state index is 12.1. The minimum atomic E-state index is -1.66. The van der Waals surface area contributed by atoms with E-state index in [0.717, 1.165) is 24.3 Å². The normalized spacial score (nSPS) is 11.4. The molecule has 0 saturated heterocycles. The lowest BCUT2D eigenvalue weighted by atomic mass is 10.1. The Balaban J connectivity index is 2.11. The third kappa shape index (κ3) is 4.50. The number of hydrogen-bond acceptors (Lipinski definition) is 9. The van der Waals surface area contributed by atoms with Crippen LogP contribution in [0.5, 0.6) is 34.5 Å². The SMILES string of the molecule is O=C(NC(CNC(=O)c1ccc(O)c(O)c1O)C(=O)O)c1cc(O)c(O)c(O)c1. The van der Waals surface area contributed by atoms with Crippen molar-refractivity contribution in [1.29, 1.82) is 0 Å². The van der Waals surface area contributed by atoms with E-state index in [2.05, 4.69) is 5.32 Å². The summed E-state index contributed by atoms with van der Waals surface area (Å²) in [7, 11) is 0. The van der Waals surface area contributed by atoms with Crippen molar-refractivity contribution in [3.8, 4) is 34.5 Å². The number of carbonyl (C=O) groups excluding carboxylic acids is 2. The van der Waals surface area contributed by atoms with Crippen molar-refractivity contribution >= 4 is 17.8 Å². The molecule has 0 bridgehead atoms. The van der Waals surface area contributed by atoms with E-state index in [4.69, 9.17) is 0 Å². The summed E-state index contributed by atoms with van der Waals surface area (Å²) in [6.45, 7) is -0.642. The minimum Gasteiger partial charge on any atom is -0.504 e. The summed E-state index contributed by atoms with van der Waals surface area (Å²) < 4.78 is 0. The van der Waals surface area contributed by atoms with Crippen LogP contribution in [0.2, 0.25) is 0 Å². The van der Waals surface area contributed by atoms with Crippen LogP contribution in [0.4, 0.5) is 0 Å². The van der Waals surface area contributed by atoms with Crippen molar-refractivity contribution in [2.75, 3.05) is 6.54 Å². The van der Waals surface area contributed by atoms with Gasteiger partial charge < -0.3 is 46.4 Å². The molecule has 2 aromatic rings. The van der Waals surface area contributed by atoms with Gasteiger partial charge in [-0.05, 0) is 24.3 Å². The minimum absolute atomic E-state index is 0.364. The van der Waals surface area contributed by atoms with Gasteiger partial charge in [0.15, 0.2) is 28.7 Å². The monoisotopic (exact) mass is 408 g/mol. The third-order valence-corrected chi connectivity index (χ3v) is 3.78. The lowest BCUT2D eigenvalue weighted by Crippen LogP contribution is -2.48. The Morgan fingerprint density at radius 1 is 0.793 bits per heavy atom. The number of amides is 2. The van der Waals surface area contributed by atoms with Crippen molar-refractivity contribution in [3.63, 3.8) is 0 Å². The highest BCUT2D eigenvalue weighted by Crippen LogP contribution is 2.37. The molecule has 1 atom stereocenters. The first-order valence-electron chi connectivity index (χ1n) is 7.83. The Bertz CT molecular complexity index is 965. The lowest BCUT2D eigenvalue weighted by Gasteiger charge is -2.16. The highest BCUT2D eigenvalue weighted by Gasteiger charge is 2.24. The van der Waals surface area contributed by atoms with E-state index in [1.54, 1.807) is 0 Å². The first-order valence-corrected chi connectivity index (χ1v) is 7.83. The Hall–Kier alpha value is -4.35. The van der Waals surface area contributed by atoms with E-state index in [1.807, 2.05) is 5.32 Å². The smallest absolute Gasteiger partial charge is 0.328 e. The number of aliphatic carboxylic acids is 1. The molecule has 12 nitrogen and oxygen atoms in total. The second kappa shape index (κ2) is 8.12. The number of phenols is 6. The van der Waals surface area contributed by atoms with Crippen LogP contribution in [0.15, 0.2) is 24.3 Å². The number of hydrogen-bond donors (Lipinski definition) is 9. The summed E-state index contributed by atoms with van der Waals surface area (Å²) in [5.74, 6) is -8.59. The topological polar surface area (TPSA) is 217 Å². The molecule has 9 N–H and O–H groups in total. The summed E-state index contributed by atoms with van der Waals surface area (Å²) in [5.41, 5.74) is -0.819. The van der Waals surface area contributed by atoms with Gasteiger partial charge in [0.05, 0.1) is 5.56 Å². The zero-order valence-corrected chi connectivity index (χ0v) is 14.4. The molecule has 0 aliphatic rings. The number of benzene rings is 2. The summed E-state index contributed by atoms with van der Waals surface area (Å²) >= 11 is 0. The molecule has 0 fully saturated rings. The average molecular weight is 408 g/mol. The van der Waals surface area contributed by atoms with Crippen LogP contribution in [0, 0.1) is 0 Å². The fourth-order valence-electron chi connectivity index (χ4n) is 2.22. The van der Waals surface area contributed by atoms with Gasteiger partial charge in [-0.3, -0.25) is 9.59 Å². The molecule has 2 aromatic carbocycles. The Morgan fingerprint density at radius 2 is 1.38 bits per heavy atom. The van der Waals surface area contributed by atoms with Crippen molar-refractivity contribution in [1.82, 2.24) is 10.6 Å². The predicted octanol–water partition coefficient (Wildman–Crippen LogP) is -0.467. The summed E-state index contributed by atoms with van der Waals surface area (Å²) in [4.78, 5) is 35.6. The number of rotatable bonds is 6. The fraction of sp³-hybridized carbons (Fsp3) is 0.118. The maximum absolute atomic E-state index is 12.1. The van der Waals surface area contributed by atoms with Crippen LogP contribution in [0.25, 0.3) is 0 Å². The van der Waals surface area contributed by atoms with Crippen LogP contribution < -0.4 is 10.6 Å². The van der Waals surface area contributed by atoms with Gasteiger partial charge in [-0.1, -0.05) is 0 Å². The zero-order valence-electron chi connectivity index (χ0n) is 14.4. The Morgan fingerprint density at radius 3 is 1.93 bits per heavy atom. The molecule has 2 amide bonds. The van der Waals surface area contributed by atoms with Gasteiger partial charge in [-0.15, -0.1) is 0 Å². The van der Waals surface area contributed by atoms with Gasteiger partial charge in [0.1, 0.15) is 6.04 Å². The van der Waals surface area contributed by atoms with Crippen LogP contribution in [-0.4, -0.2) is 66.1 Å². The highest BCUT2D eigenvalue weighted by atomic mass is 16.4. The van der Waals surface area contributed by atoms with E-state index in [1.165, 1.54) is 0 Å². The second-order valence-electron chi connectivity index (χ2n) is 5.77. The van der Waals surface area contributed by atoms with E-state index < -0.39 is 70.4 Å². The van der Waals surface area contributed by atoms with Gasteiger partial charge in [-0.2, -0.15) is 0 Å². The summed E-state index contributed by atoms with van der Waals surface area (Å²) in [6, 6.07) is 1.84. The first-order chi connectivity index (χ1) is 13.5. The molecular formula is C17H16N2O10. The molecule has 0 aliphatic carbocycles. The first kappa shape index (κ1) is 21.0. The number of aromatic hydroxyl groups is 6. The number of carboxylic acid groups (broad SMARTS) is 1. The maximum Gasteiger partial charge on any atom is 0.328 e. The van der Waals surface area contributed by atoms with Gasteiger partial charge in [-0.25, -0.2) is 4.79 Å². The Kier molecular flexibility index (Phi) is 5.87. The van der Waals surface area contributed by atoms with Gasteiger partial charge in [0.25, 0.3) is 11.8 Å². The molecule has 0 spiro atoms.